The lowest BCUT2D eigenvalue weighted by atomic mass is 9.99. The molecule has 2 aromatic rings. The van der Waals surface area contributed by atoms with Crippen molar-refractivity contribution in [2.45, 2.75) is 71.5 Å². The van der Waals surface area contributed by atoms with Gasteiger partial charge in [0.2, 0.25) is 5.89 Å². The van der Waals surface area contributed by atoms with Crippen LogP contribution in [0.15, 0.2) is 10.6 Å². The lowest BCUT2D eigenvalue weighted by molar-refractivity contribution is 0.0598. The van der Waals surface area contributed by atoms with Crippen molar-refractivity contribution in [3.63, 3.8) is 0 Å². The highest BCUT2D eigenvalue weighted by Crippen LogP contribution is 2.47. The van der Waals surface area contributed by atoms with Crippen molar-refractivity contribution in [2.75, 3.05) is 20.0 Å². The van der Waals surface area contributed by atoms with Gasteiger partial charge in [-0.05, 0) is 50.1 Å². The molecule has 37 heavy (non-hydrogen) atoms. The molecule has 0 aliphatic carbocycles. The number of aryl methyl sites for hydroxylation is 1. The first-order valence-corrected chi connectivity index (χ1v) is 16.5. The Bertz CT molecular complexity index is 1120. The number of hydrogen-bond donors (Lipinski definition) is 2. The van der Waals surface area contributed by atoms with Crippen molar-refractivity contribution in [1.82, 2.24) is 15.5 Å². The predicted octanol–water partition coefficient (Wildman–Crippen LogP) is 5.31. The van der Waals surface area contributed by atoms with Gasteiger partial charge in [-0.3, -0.25) is 0 Å². The van der Waals surface area contributed by atoms with E-state index in [1.807, 2.05) is 13.0 Å². The maximum atomic E-state index is 13.0. The predicted molar refractivity (Wildman–Crippen MR) is 154 cm³/mol. The Morgan fingerprint density at radius 2 is 1.92 bits per heavy atom. The van der Waals surface area contributed by atoms with Crippen molar-refractivity contribution >= 4 is 43.4 Å². The van der Waals surface area contributed by atoms with Gasteiger partial charge < -0.3 is 29.5 Å². The van der Waals surface area contributed by atoms with Gasteiger partial charge in [-0.1, -0.05) is 32.9 Å². The number of rotatable bonds is 12. The van der Waals surface area contributed by atoms with E-state index >= 15 is 0 Å². The Balaban J connectivity index is 2.52. The zero-order valence-electron chi connectivity index (χ0n) is 23.5. The van der Waals surface area contributed by atoms with Gasteiger partial charge in [-0.2, -0.15) is 16.7 Å². The second-order valence-corrected chi connectivity index (χ2v) is 16.3. The summed E-state index contributed by atoms with van der Waals surface area (Å²) in [6.45, 7) is 16.9. The molecule has 1 heterocycles. The second-order valence-electron chi connectivity index (χ2n) is 10.3. The first kappa shape index (κ1) is 30.9. The molecule has 0 aliphatic heterocycles. The van der Waals surface area contributed by atoms with Gasteiger partial charge in [0.1, 0.15) is 17.5 Å². The lowest BCUT2D eigenvalue weighted by Crippen LogP contribution is -2.48. The first-order valence-electron chi connectivity index (χ1n) is 12.1. The molecule has 206 valence electrons. The zero-order valence-corrected chi connectivity index (χ0v) is 26.1. The van der Waals surface area contributed by atoms with E-state index in [0.717, 1.165) is 5.56 Å². The average Bonchev–Trinajstić information content (AvgIpc) is 3.24. The SMILES string of the molecule is COC(=O)c1c(C)c(OC)cc(O[Si](C)(C)C(C)(C)C(C)C)c1CSCC(NC(N)=S)c1nc(C)no1. The number of thiocarbonyl (C=S) groups is 1. The van der Waals surface area contributed by atoms with Crippen LogP contribution in [0.25, 0.3) is 0 Å². The Kier molecular flexibility index (Phi) is 10.4. The number of carbonyl (C=O) groups excluding carboxylic acids is 1. The zero-order chi connectivity index (χ0) is 28.1. The highest BCUT2D eigenvalue weighted by atomic mass is 32.2. The highest BCUT2D eigenvalue weighted by molar-refractivity contribution is 7.98. The summed E-state index contributed by atoms with van der Waals surface area (Å²) in [5, 5.41) is 6.98. The maximum absolute atomic E-state index is 13.0. The number of ether oxygens (including phenoxy) is 2. The average molecular weight is 569 g/mol. The lowest BCUT2D eigenvalue weighted by Gasteiger charge is -2.43. The van der Waals surface area contributed by atoms with Crippen LogP contribution >= 0.6 is 24.0 Å². The van der Waals surface area contributed by atoms with Gasteiger partial charge in [-0.15, -0.1) is 0 Å². The van der Waals surface area contributed by atoms with Crippen molar-refractivity contribution in [3.8, 4) is 11.5 Å². The van der Waals surface area contributed by atoms with Crippen LogP contribution < -0.4 is 20.2 Å². The van der Waals surface area contributed by atoms with E-state index in [1.54, 1.807) is 25.8 Å². The first-order chi connectivity index (χ1) is 17.2. The molecule has 1 aromatic carbocycles. The van der Waals surface area contributed by atoms with E-state index in [2.05, 4.69) is 56.2 Å². The van der Waals surface area contributed by atoms with Gasteiger partial charge in [0.15, 0.2) is 10.9 Å². The number of esters is 1. The molecule has 9 nitrogen and oxygen atoms in total. The van der Waals surface area contributed by atoms with Gasteiger partial charge >= 0.3 is 5.97 Å². The van der Waals surface area contributed by atoms with Crippen molar-refractivity contribution in [1.29, 1.82) is 0 Å². The number of hydrogen-bond acceptors (Lipinski definition) is 9. The number of nitrogens with one attached hydrogen (secondary N) is 1. The molecule has 1 unspecified atom stereocenters. The fraction of sp³-hybridized carbons (Fsp3) is 0.600. The number of aromatic nitrogens is 2. The molecule has 0 amide bonds. The topological polar surface area (TPSA) is 122 Å². The molecule has 12 heteroatoms. The highest BCUT2D eigenvalue weighted by Gasteiger charge is 2.45. The summed E-state index contributed by atoms with van der Waals surface area (Å²) in [5.74, 6) is 3.04. The standard InChI is InChI=1S/C25H40N4O5S2Si/c1-14(2)25(5,6)37(9,10)34-20-11-19(31-7)15(3)21(23(30)32-8)17(20)12-36-13-18(28-24(26)35)22-27-16(4)29-33-22/h11,14,18H,12-13H2,1-10H3,(H3,26,28,35). The third-order valence-corrected chi connectivity index (χ3v) is 12.9. The van der Waals surface area contributed by atoms with E-state index in [0.29, 0.717) is 51.8 Å². The summed E-state index contributed by atoms with van der Waals surface area (Å²) in [5.41, 5.74) is 7.65. The van der Waals surface area contributed by atoms with E-state index in [-0.39, 0.29) is 16.2 Å². The van der Waals surface area contributed by atoms with Gasteiger partial charge in [0.25, 0.3) is 8.32 Å². The van der Waals surface area contributed by atoms with Crippen LogP contribution in [0.3, 0.4) is 0 Å². The third-order valence-electron chi connectivity index (χ3n) is 7.26. The Labute approximate surface area is 230 Å². The molecule has 0 bridgehead atoms. The Morgan fingerprint density at radius 1 is 1.27 bits per heavy atom. The molecular formula is C25H40N4O5S2Si. The monoisotopic (exact) mass is 568 g/mol. The molecule has 0 spiro atoms. The summed E-state index contributed by atoms with van der Waals surface area (Å²) in [6.07, 6.45) is 0. The quantitative estimate of drug-likeness (QED) is 0.197. The number of thioether (sulfide) groups is 1. The number of benzene rings is 1. The van der Waals surface area contributed by atoms with Crippen molar-refractivity contribution in [3.05, 3.63) is 34.5 Å². The molecule has 3 N–H and O–H groups in total. The minimum atomic E-state index is -2.32. The molecule has 0 radical (unpaired) electrons. The molecule has 0 saturated carbocycles. The van der Waals surface area contributed by atoms with E-state index in [4.69, 9.17) is 36.4 Å². The molecule has 1 aromatic heterocycles. The Hall–Kier alpha value is -2.31. The molecule has 0 saturated heterocycles. The molecule has 2 rings (SSSR count). The van der Waals surface area contributed by atoms with Crippen molar-refractivity contribution in [2.24, 2.45) is 11.7 Å². The van der Waals surface area contributed by atoms with Crippen LogP contribution in [0.2, 0.25) is 18.1 Å². The minimum absolute atomic E-state index is 0.0391. The van der Waals surface area contributed by atoms with Crippen LogP contribution in [0, 0.1) is 19.8 Å². The number of methoxy groups -OCH3 is 2. The maximum Gasteiger partial charge on any atom is 0.338 e. The van der Waals surface area contributed by atoms with Crippen LogP contribution in [0.4, 0.5) is 0 Å². The van der Waals surface area contributed by atoms with Crippen molar-refractivity contribution < 1.29 is 23.2 Å². The van der Waals surface area contributed by atoms with Gasteiger partial charge in [0.05, 0.1) is 19.8 Å². The van der Waals surface area contributed by atoms with Crippen LogP contribution in [-0.2, 0) is 10.5 Å². The number of nitrogens with zero attached hydrogens (tertiary/aromatic N) is 2. The largest absolute Gasteiger partial charge is 0.543 e. The second kappa shape index (κ2) is 12.5. The summed E-state index contributed by atoms with van der Waals surface area (Å²) in [4.78, 5) is 17.3. The molecule has 0 aliphatic rings. The van der Waals surface area contributed by atoms with Crippen LogP contribution in [0.5, 0.6) is 11.5 Å². The molecular weight excluding hydrogens is 529 g/mol. The molecule has 0 fully saturated rings. The summed E-state index contributed by atoms with van der Waals surface area (Å²) < 4.78 is 23.0. The van der Waals surface area contributed by atoms with Gasteiger partial charge in [-0.25, -0.2) is 4.79 Å². The van der Waals surface area contributed by atoms with E-state index < -0.39 is 14.3 Å². The van der Waals surface area contributed by atoms with E-state index in [9.17, 15) is 4.79 Å². The smallest absolute Gasteiger partial charge is 0.338 e. The summed E-state index contributed by atoms with van der Waals surface area (Å²) >= 11 is 6.61. The fourth-order valence-electron chi connectivity index (χ4n) is 3.79. The number of nitrogens with two attached hydrogens (primary N) is 1. The van der Waals surface area contributed by atoms with Gasteiger partial charge in [0, 0.05) is 28.7 Å². The minimum Gasteiger partial charge on any atom is -0.543 e. The van der Waals surface area contributed by atoms with E-state index in [1.165, 1.54) is 7.11 Å². The fourth-order valence-corrected chi connectivity index (χ4v) is 7.39. The normalized spacial score (nSPS) is 12.8. The Morgan fingerprint density at radius 3 is 2.41 bits per heavy atom. The number of carbonyl (C=O) groups is 1. The summed E-state index contributed by atoms with van der Waals surface area (Å²) in [7, 11) is 0.642. The molecule has 1 atom stereocenters. The third kappa shape index (κ3) is 7.17. The van der Waals surface area contributed by atoms with Crippen LogP contribution in [0.1, 0.15) is 66.9 Å². The van der Waals surface area contributed by atoms with Crippen LogP contribution in [-0.4, -0.2) is 49.5 Å². The summed E-state index contributed by atoms with van der Waals surface area (Å²) in [6, 6.07) is 1.49.